The zero-order chi connectivity index (χ0) is 29.1. The Labute approximate surface area is 235 Å². The molecule has 224 valence electrons. The van der Waals surface area contributed by atoms with Gasteiger partial charge in [0.25, 0.3) is 0 Å². The Bertz CT molecular complexity index is 765. The minimum Gasteiger partial charge on any atom is -0.381 e. The zero-order valence-electron chi connectivity index (χ0n) is 25.3. The molecule has 2 aliphatic rings. The van der Waals surface area contributed by atoms with Crippen molar-refractivity contribution in [3.05, 3.63) is 0 Å². The maximum absolute atomic E-state index is 12.3. The average molecular weight is 553 g/mol. The van der Waals surface area contributed by atoms with Crippen molar-refractivity contribution < 1.29 is 28.7 Å². The Morgan fingerprint density at radius 2 is 0.949 bits per heavy atom. The standard InChI is InChI=1S/C29H52N4O6/c1-7-30-20-24(34)32(26(30)36)22-28(3,4)14-9-11-16-38-18-13-19-39-17-12-10-15-29(5,6)23-33-25(35)21-31(8-2)27(33)37/h7-23H2,1-6H3. The molecule has 0 aromatic rings. The van der Waals surface area contributed by atoms with Crippen molar-refractivity contribution in [2.24, 2.45) is 10.8 Å². The van der Waals surface area contributed by atoms with Gasteiger partial charge in [0.15, 0.2) is 0 Å². The topological polar surface area (TPSA) is 99.7 Å². The van der Waals surface area contributed by atoms with E-state index in [0.29, 0.717) is 52.6 Å². The Balaban J connectivity index is 1.44. The molecule has 0 spiro atoms. The molecule has 6 amide bonds. The van der Waals surface area contributed by atoms with Crippen LogP contribution in [0.4, 0.5) is 9.59 Å². The summed E-state index contributed by atoms with van der Waals surface area (Å²) in [7, 11) is 0. The van der Waals surface area contributed by atoms with E-state index in [1.54, 1.807) is 9.80 Å². The van der Waals surface area contributed by atoms with Gasteiger partial charge in [-0.25, -0.2) is 9.59 Å². The van der Waals surface area contributed by atoms with Crippen LogP contribution in [-0.2, 0) is 19.1 Å². The summed E-state index contributed by atoms with van der Waals surface area (Å²) >= 11 is 0. The van der Waals surface area contributed by atoms with E-state index in [2.05, 4.69) is 27.7 Å². The third-order valence-electron chi connectivity index (χ3n) is 7.55. The summed E-state index contributed by atoms with van der Waals surface area (Å²) in [5, 5.41) is 0. The third-order valence-corrected chi connectivity index (χ3v) is 7.55. The molecule has 0 aromatic heterocycles. The summed E-state index contributed by atoms with van der Waals surface area (Å²) in [6.45, 7) is 17.4. The van der Waals surface area contributed by atoms with Crippen LogP contribution in [0.3, 0.4) is 0 Å². The van der Waals surface area contributed by atoms with Crippen LogP contribution in [0.15, 0.2) is 0 Å². The molecule has 0 aliphatic carbocycles. The van der Waals surface area contributed by atoms with Crippen molar-refractivity contribution in [1.82, 2.24) is 19.6 Å². The third kappa shape index (κ3) is 10.7. The van der Waals surface area contributed by atoms with Crippen LogP contribution >= 0.6 is 0 Å². The summed E-state index contributed by atoms with van der Waals surface area (Å²) in [5.74, 6) is -0.193. The molecule has 2 fully saturated rings. The Kier molecular flexibility index (Phi) is 13.2. The van der Waals surface area contributed by atoms with Gasteiger partial charge < -0.3 is 19.3 Å². The van der Waals surface area contributed by atoms with Gasteiger partial charge in [0.2, 0.25) is 11.8 Å². The molecular formula is C29H52N4O6. The minimum atomic E-state index is -0.165. The first kappa shape index (κ1) is 33.0. The maximum atomic E-state index is 12.3. The fourth-order valence-electron chi connectivity index (χ4n) is 5.09. The van der Waals surface area contributed by atoms with Crippen LogP contribution in [0.1, 0.15) is 86.5 Å². The van der Waals surface area contributed by atoms with Gasteiger partial charge >= 0.3 is 12.1 Å². The monoisotopic (exact) mass is 552 g/mol. The molecule has 0 saturated carbocycles. The van der Waals surface area contributed by atoms with Crippen LogP contribution in [0, 0.1) is 10.8 Å². The second kappa shape index (κ2) is 15.6. The highest BCUT2D eigenvalue weighted by atomic mass is 16.5. The average Bonchev–Trinajstić information content (AvgIpc) is 3.30. The summed E-state index contributed by atoms with van der Waals surface area (Å²) in [5.41, 5.74) is -0.227. The van der Waals surface area contributed by atoms with Crippen LogP contribution in [-0.4, -0.2) is 109 Å². The number of rotatable bonds is 20. The van der Waals surface area contributed by atoms with Gasteiger partial charge in [-0.1, -0.05) is 40.5 Å². The fraction of sp³-hybridized carbons (Fsp3) is 0.862. The number of carbonyl (C=O) groups excluding carboxylic acids is 4. The molecule has 2 heterocycles. The molecular weight excluding hydrogens is 500 g/mol. The lowest BCUT2D eigenvalue weighted by atomic mass is 9.86. The van der Waals surface area contributed by atoms with E-state index in [4.69, 9.17) is 9.47 Å². The zero-order valence-corrected chi connectivity index (χ0v) is 25.3. The number of urea groups is 2. The Morgan fingerprint density at radius 3 is 1.28 bits per heavy atom. The molecule has 10 nitrogen and oxygen atoms in total. The van der Waals surface area contributed by atoms with Crippen LogP contribution in [0.5, 0.6) is 0 Å². The molecule has 2 saturated heterocycles. The number of amides is 6. The van der Waals surface area contributed by atoms with E-state index < -0.39 is 0 Å². The van der Waals surface area contributed by atoms with E-state index in [-0.39, 0.29) is 47.8 Å². The molecule has 2 aliphatic heterocycles. The first-order valence-electron chi connectivity index (χ1n) is 14.7. The molecule has 0 bridgehead atoms. The van der Waals surface area contributed by atoms with E-state index in [9.17, 15) is 19.2 Å². The first-order valence-corrected chi connectivity index (χ1v) is 14.7. The van der Waals surface area contributed by atoms with Crippen LogP contribution in [0.25, 0.3) is 0 Å². The van der Waals surface area contributed by atoms with Gasteiger partial charge in [-0.15, -0.1) is 0 Å². The molecule has 2 rings (SSSR count). The summed E-state index contributed by atoms with van der Waals surface area (Å²) in [6.07, 6.45) is 6.61. The maximum Gasteiger partial charge on any atom is 0.327 e. The summed E-state index contributed by atoms with van der Waals surface area (Å²) in [6, 6.07) is -0.331. The number of nitrogens with zero attached hydrogens (tertiary/aromatic N) is 4. The van der Waals surface area contributed by atoms with E-state index in [1.165, 1.54) is 9.80 Å². The molecule has 39 heavy (non-hydrogen) atoms. The van der Waals surface area contributed by atoms with Gasteiger partial charge in [0, 0.05) is 52.6 Å². The van der Waals surface area contributed by atoms with Gasteiger partial charge in [0.05, 0.1) is 0 Å². The van der Waals surface area contributed by atoms with Crippen molar-refractivity contribution in [1.29, 1.82) is 0 Å². The summed E-state index contributed by atoms with van der Waals surface area (Å²) in [4.78, 5) is 54.9. The van der Waals surface area contributed by atoms with Gasteiger partial charge in [-0.2, -0.15) is 0 Å². The predicted molar refractivity (Wildman–Crippen MR) is 150 cm³/mol. The summed E-state index contributed by atoms with van der Waals surface area (Å²) < 4.78 is 11.5. The highest BCUT2D eigenvalue weighted by Crippen LogP contribution is 2.28. The predicted octanol–water partition coefficient (Wildman–Crippen LogP) is 4.37. The van der Waals surface area contributed by atoms with Crippen LogP contribution < -0.4 is 0 Å². The molecule has 0 unspecified atom stereocenters. The molecule has 0 atom stereocenters. The number of hydrogen-bond acceptors (Lipinski definition) is 6. The van der Waals surface area contributed by atoms with Crippen molar-refractivity contribution in [2.75, 3.05) is 65.7 Å². The molecule has 10 heteroatoms. The van der Waals surface area contributed by atoms with Gasteiger partial charge in [-0.05, 0) is 56.8 Å². The Hall–Kier alpha value is -2.20. The highest BCUT2D eigenvalue weighted by molar-refractivity contribution is 6.02. The fourth-order valence-corrected chi connectivity index (χ4v) is 5.09. The molecule has 0 N–H and O–H groups in total. The molecule has 0 aromatic carbocycles. The van der Waals surface area contributed by atoms with Crippen molar-refractivity contribution in [2.45, 2.75) is 86.5 Å². The molecule has 0 radical (unpaired) electrons. The smallest absolute Gasteiger partial charge is 0.327 e. The van der Waals surface area contributed by atoms with Gasteiger partial charge in [-0.3, -0.25) is 19.4 Å². The van der Waals surface area contributed by atoms with Crippen molar-refractivity contribution in [3.8, 4) is 0 Å². The Morgan fingerprint density at radius 1 is 0.590 bits per heavy atom. The first-order chi connectivity index (χ1) is 18.4. The lowest BCUT2D eigenvalue weighted by molar-refractivity contribution is -0.127. The second-order valence-corrected chi connectivity index (χ2v) is 12.4. The minimum absolute atomic E-state index is 0.0965. The number of imide groups is 2. The number of likely N-dealkylation sites (N-methyl/N-ethyl adjacent to an activating group) is 2. The lowest BCUT2D eigenvalue weighted by Gasteiger charge is -2.29. The van der Waals surface area contributed by atoms with Crippen molar-refractivity contribution in [3.63, 3.8) is 0 Å². The van der Waals surface area contributed by atoms with E-state index >= 15 is 0 Å². The van der Waals surface area contributed by atoms with E-state index in [1.807, 2.05) is 13.8 Å². The number of hydrogen-bond donors (Lipinski definition) is 0. The second-order valence-electron chi connectivity index (χ2n) is 12.4. The van der Waals surface area contributed by atoms with Gasteiger partial charge in [0.1, 0.15) is 13.1 Å². The quantitative estimate of drug-likeness (QED) is 0.164. The number of unbranched alkanes of at least 4 members (excludes halogenated alkanes) is 2. The number of carbonyl (C=O) groups is 4. The SMILES string of the molecule is CCN1CC(=O)N(CC(C)(C)CCCCOCCCOCCCCC(C)(C)CN2C(=O)CN(CC)C2=O)C1=O. The number of ether oxygens (including phenoxy) is 2. The van der Waals surface area contributed by atoms with Crippen LogP contribution in [0.2, 0.25) is 0 Å². The highest BCUT2D eigenvalue weighted by Gasteiger charge is 2.39. The largest absolute Gasteiger partial charge is 0.381 e. The lowest BCUT2D eigenvalue weighted by Crippen LogP contribution is -2.39. The van der Waals surface area contributed by atoms with E-state index in [0.717, 1.165) is 44.9 Å². The normalized spacial score (nSPS) is 17.0. The van der Waals surface area contributed by atoms with Crippen molar-refractivity contribution >= 4 is 23.9 Å².